The van der Waals surface area contributed by atoms with Gasteiger partial charge in [-0.15, -0.1) is 0 Å². The van der Waals surface area contributed by atoms with Crippen LogP contribution in [-0.2, 0) is 9.84 Å². The maximum Gasteiger partial charge on any atom is 0.155 e. The molecule has 2 fully saturated rings. The average molecular weight is 273 g/mol. The first-order valence-electron chi connectivity index (χ1n) is 7.25. The summed E-state index contributed by atoms with van der Waals surface area (Å²) < 4.78 is 23.5. The zero-order valence-corrected chi connectivity index (χ0v) is 12.7. The summed E-state index contributed by atoms with van der Waals surface area (Å²) in [6, 6.07) is 0.768. The Morgan fingerprint density at radius 1 is 1.06 bits per heavy atom. The maximum atomic E-state index is 12.1. The molecular formula is C14H27NO2S. The molecule has 3 nitrogen and oxygen atoms in total. The van der Waals surface area contributed by atoms with E-state index in [9.17, 15) is 8.42 Å². The van der Waals surface area contributed by atoms with Gasteiger partial charge in [0.1, 0.15) is 0 Å². The van der Waals surface area contributed by atoms with Gasteiger partial charge in [-0.05, 0) is 71.3 Å². The van der Waals surface area contributed by atoms with Crippen LogP contribution >= 0.6 is 0 Å². The lowest BCUT2D eigenvalue weighted by molar-refractivity contribution is 0.166. The van der Waals surface area contributed by atoms with E-state index in [1.54, 1.807) is 20.8 Å². The van der Waals surface area contributed by atoms with Crippen molar-refractivity contribution in [3.63, 3.8) is 0 Å². The fourth-order valence-corrected chi connectivity index (χ4v) is 3.73. The van der Waals surface area contributed by atoms with Gasteiger partial charge < -0.3 is 5.32 Å². The summed E-state index contributed by atoms with van der Waals surface area (Å²) in [6.07, 6.45) is 6.01. The van der Waals surface area contributed by atoms with Gasteiger partial charge in [0, 0.05) is 6.04 Å². The van der Waals surface area contributed by atoms with Crippen LogP contribution in [0.3, 0.4) is 0 Å². The van der Waals surface area contributed by atoms with Crippen molar-refractivity contribution in [3.8, 4) is 0 Å². The molecule has 4 heteroatoms. The van der Waals surface area contributed by atoms with Crippen LogP contribution in [0.25, 0.3) is 0 Å². The second-order valence-electron chi connectivity index (χ2n) is 7.00. The highest BCUT2D eigenvalue weighted by atomic mass is 32.2. The Kier molecular flexibility index (Phi) is 4.07. The van der Waals surface area contributed by atoms with Gasteiger partial charge in [0.15, 0.2) is 9.84 Å². The molecule has 0 bridgehead atoms. The van der Waals surface area contributed by atoms with Crippen LogP contribution in [0.2, 0.25) is 0 Å². The Bertz CT molecular complexity index is 379. The van der Waals surface area contributed by atoms with Crippen molar-refractivity contribution in [3.05, 3.63) is 0 Å². The monoisotopic (exact) mass is 273 g/mol. The molecular weight excluding hydrogens is 246 g/mol. The molecule has 2 aliphatic rings. The first kappa shape index (κ1) is 14.3. The fourth-order valence-electron chi connectivity index (χ4n) is 2.51. The van der Waals surface area contributed by atoms with Gasteiger partial charge in [0.2, 0.25) is 0 Å². The van der Waals surface area contributed by atoms with E-state index in [4.69, 9.17) is 0 Å². The van der Waals surface area contributed by atoms with Crippen LogP contribution in [0, 0.1) is 11.8 Å². The van der Waals surface area contributed by atoms with Crippen LogP contribution < -0.4 is 5.32 Å². The quantitative estimate of drug-likeness (QED) is 0.808. The average Bonchev–Trinajstić information content (AvgIpc) is 2.98. The smallest absolute Gasteiger partial charge is 0.155 e. The predicted octanol–water partition coefficient (Wildman–Crippen LogP) is 2.37. The SMILES string of the molecule is CC(C)(C)S(=O)(=O)CCC1CCC1CNC1CC1. The summed E-state index contributed by atoms with van der Waals surface area (Å²) >= 11 is 0. The van der Waals surface area contributed by atoms with Gasteiger partial charge in [-0.25, -0.2) is 8.42 Å². The van der Waals surface area contributed by atoms with Gasteiger partial charge >= 0.3 is 0 Å². The molecule has 106 valence electrons. The lowest BCUT2D eigenvalue weighted by Crippen LogP contribution is -2.38. The van der Waals surface area contributed by atoms with Gasteiger partial charge in [-0.1, -0.05) is 0 Å². The van der Waals surface area contributed by atoms with E-state index < -0.39 is 14.6 Å². The first-order valence-corrected chi connectivity index (χ1v) is 8.90. The molecule has 2 aliphatic carbocycles. The summed E-state index contributed by atoms with van der Waals surface area (Å²) in [5.74, 6) is 1.72. The molecule has 0 aromatic rings. The van der Waals surface area contributed by atoms with Crippen LogP contribution in [0.15, 0.2) is 0 Å². The third kappa shape index (κ3) is 3.47. The minimum atomic E-state index is -2.93. The van der Waals surface area contributed by atoms with Gasteiger partial charge in [0.25, 0.3) is 0 Å². The molecule has 0 heterocycles. The van der Waals surface area contributed by atoms with Crippen LogP contribution in [0.4, 0.5) is 0 Å². The standard InChI is InChI=1S/C14H27NO2S/c1-14(2,3)18(16,17)9-8-11-4-5-12(11)10-15-13-6-7-13/h11-13,15H,4-10H2,1-3H3. The Balaban J connectivity index is 1.73. The minimum Gasteiger partial charge on any atom is -0.314 e. The topological polar surface area (TPSA) is 46.2 Å². The summed E-state index contributed by atoms with van der Waals surface area (Å²) in [5, 5.41) is 3.57. The molecule has 0 amide bonds. The van der Waals surface area contributed by atoms with Crippen LogP contribution in [0.1, 0.15) is 52.9 Å². The second-order valence-corrected chi connectivity index (χ2v) is 9.86. The zero-order valence-electron chi connectivity index (χ0n) is 11.9. The van der Waals surface area contributed by atoms with Crippen molar-refractivity contribution in [1.29, 1.82) is 0 Å². The molecule has 2 saturated carbocycles. The molecule has 1 N–H and O–H groups in total. The van der Waals surface area contributed by atoms with E-state index in [2.05, 4.69) is 5.32 Å². The Hall–Kier alpha value is -0.0900. The van der Waals surface area contributed by atoms with E-state index in [-0.39, 0.29) is 0 Å². The summed E-state index contributed by atoms with van der Waals surface area (Å²) in [7, 11) is -2.93. The number of sulfone groups is 1. The van der Waals surface area contributed by atoms with Crippen LogP contribution in [0.5, 0.6) is 0 Å². The van der Waals surface area contributed by atoms with Gasteiger partial charge in [-0.2, -0.15) is 0 Å². The van der Waals surface area contributed by atoms with Crippen molar-refractivity contribution < 1.29 is 8.42 Å². The molecule has 0 saturated heterocycles. The molecule has 18 heavy (non-hydrogen) atoms. The summed E-state index contributed by atoms with van der Waals surface area (Å²) in [4.78, 5) is 0. The molecule has 0 spiro atoms. The third-order valence-electron chi connectivity index (χ3n) is 4.51. The van der Waals surface area contributed by atoms with Crippen molar-refractivity contribution >= 4 is 9.84 Å². The lowest BCUT2D eigenvalue weighted by atomic mass is 9.72. The third-order valence-corrected chi connectivity index (χ3v) is 7.15. The molecule has 0 aliphatic heterocycles. The fraction of sp³-hybridized carbons (Fsp3) is 1.00. The van der Waals surface area contributed by atoms with E-state index >= 15 is 0 Å². The normalized spacial score (nSPS) is 29.1. The Morgan fingerprint density at radius 3 is 2.11 bits per heavy atom. The summed E-state index contributed by atoms with van der Waals surface area (Å²) in [5.41, 5.74) is 0. The highest BCUT2D eigenvalue weighted by molar-refractivity contribution is 7.92. The van der Waals surface area contributed by atoms with Crippen molar-refractivity contribution in [2.24, 2.45) is 11.8 Å². The highest BCUT2D eigenvalue weighted by Crippen LogP contribution is 2.37. The van der Waals surface area contributed by atoms with Gasteiger partial charge in [0.05, 0.1) is 10.5 Å². The van der Waals surface area contributed by atoms with Crippen molar-refractivity contribution in [2.45, 2.75) is 63.7 Å². The maximum absolute atomic E-state index is 12.1. The van der Waals surface area contributed by atoms with E-state index in [1.807, 2.05) is 0 Å². The van der Waals surface area contributed by atoms with Crippen molar-refractivity contribution in [2.75, 3.05) is 12.3 Å². The molecule has 2 unspecified atom stereocenters. The van der Waals surface area contributed by atoms with E-state index in [1.165, 1.54) is 25.7 Å². The molecule has 0 aromatic carbocycles. The minimum absolute atomic E-state index is 0.362. The van der Waals surface area contributed by atoms with Crippen molar-refractivity contribution in [1.82, 2.24) is 5.32 Å². The number of hydrogen-bond acceptors (Lipinski definition) is 3. The van der Waals surface area contributed by atoms with E-state index in [0.29, 0.717) is 11.7 Å². The first-order chi connectivity index (χ1) is 8.29. The predicted molar refractivity (Wildman–Crippen MR) is 75.4 cm³/mol. The Labute approximate surface area is 112 Å². The Morgan fingerprint density at radius 2 is 1.67 bits per heavy atom. The number of hydrogen-bond donors (Lipinski definition) is 1. The molecule has 0 radical (unpaired) electrons. The number of rotatable bonds is 6. The lowest BCUT2D eigenvalue weighted by Gasteiger charge is -2.37. The molecule has 0 aromatic heterocycles. The van der Waals surface area contributed by atoms with E-state index in [0.717, 1.165) is 24.9 Å². The molecule has 2 atom stereocenters. The largest absolute Gasteiger partial charge is 0.314 e. The van der Waals surface area contributed by atoms with Gasteiger partial charge in [-0.3, -0.25) is 0 Å². The zero-order chi connectivity index (χ0) is 13.4. The number of nitrogens with one attached hydrogen (secondary N) is 1. The second kappa shape index (κ2) is 5.12. The summed E-state index contributed by atoms with van der Waals surface area (Å²) in [6.45, 7) is 6.50. The van der Waals surface area contributed by atoms with Crippen LogP contribution in [-0.4, -0.2) is 31.5 Å². The highest BCUT2D eigenvalue weighted by Gasteiger charge is 2.35. The molecule has 2 rings (SSSR count).